The van der Waals surface area contributed by atoms with Crippen LogP contribution in [0.2, 0.25) is 5.02 Å². The number of benzene rings is 2. The molecule has 2 aromatic carbocycles. The van der Waals surface area contributed by atoms with Crippen LogP contribution in [0, 0.1) is 5.82 Å². The molecule has 25 heavy (non-hydrogen) atoms. The summed E-state index contributed by atoms with van der Waals surface area (Å²) < 4.78 is 24.0. The van der Waals surface area contributed by atoms with Gasteiger partial charge in [-0.1, -0.05) is 11.6 Å². The Bertz CT molecular complexity index is 775. The number of halogens is 2. The fraction of sp³-hybridized carbons (Fsp3) is 0.278. The second kappa shape index (κ2) is 7.61. The highest BCUT2D eigenvalue weighted by Gasteiger charge is 2.16. The summed E-state index contributed by atoms with van der Waals surface area (Å²) in [5.41, 5.74) is 6.50. The Balaban J connectivity index is 2.06. The number of anilines is 1. The number of rotatable bonds is 4. The molecule has 0 atom stereocenters. The highest BCUT2D eigenvalue weighted by atomic mass is 35.5. The number of alkyl carbamates (subject to hydrolysis) is 1. The van der Waals surface area contributed by atoms with Crippen LogP contribution in [-0.2, 0) is 11.3 Å². The molecule has 2 aromatic rings. The molecule has 0 saturated carbocycles. The topological polar surface area (TPSA) is 73.6 Å². The number of ether oxygens (including phenoxy) is 2. The van der Waals surface area contributed by atoms with Crippen molar-refractivity contribution >= 4 is 23.4 Å². The zero-order chi connectivity index (χ0) is 18.6. The van der Waals surface area contributed by atoms with Gasteiger partial charge in [-0.25, -0.2) is 9.18 Å². The third-order valence-corrected chi connectivity index (χ3v) is 3.35. The van der Waals surface area contributed by atoms with Gasteiger partial charge in [-0.05, 0) is 56.7 Å². The number of carbonyl (C=O) groups excluding carboxylic acids is 1. The van der Waals surface area contributed by atoms with E-state index in [1.165, 1.54) is 18.2 Å². The predicted octanol–water partition coefficient (Wildman–Crippen LogP) is 4.88. The van der Waals surface area contributed by atoms with E-state index in [1.807, 2.05) is 0 Å². The normalized spacial score (nSPS) is 11.1. The molecule has 1 amide bonds. The zero-order valence-electron chi connectivity index (χ0n) is 14.2. The molecule has 0 unspecified atom stereocenters. The lowest BCUT2D eigenvalue weighted by molar-refractivity contribution is 0.0523. The fourth-order valence-electron chi connectivity index (χ4n) is 1.96. The van der Waals surface area contributed by atoms with Crippen LogP contribution in [0.4, 0.5) is 14.9 Å². The predicted molar refractivity (Wildman–Crippen MR) is 95.4 cm³/mol. The monoisotopic (exact) mass is 366 g/mol. The van der Waals surface area contributed by atoms with Crippen LogP contribution in [0.25, 0.3) is 0 Å². The summed E-state index contributed by atoms with van der Waals surface area (Å²) >= 11 is 5.74. The molecule has 134 valence electrons. The molecule has 0 aliphatic carbocycles. The fourth-order valence-corrected chi connectivity index (χ4v) is 2.13. The Morgan fingerprint density at radius 1 is 1.20 bits per heavy atom. The molecule has 0 aliphatic rings. The molecule has 3 N–H and O–H groups in total. The van der Waals surface area contributed by atoms with E-state index >= 15 is 0 Å². The average Bonchev–Trinajstić information content (AvgIpc) is 2.50. The third-order valence-electron chi connectivity index (χ3n) is 3.06. The minimum absolute atomic E-state index is 0.0280. The van der Waals surface area contributed by atoms with Crippen molar-refractivity contribution in [3.05, 3.63) is 52.8 Å². The summed E-state index contributed by atoms with van der Waals surface area (Å²) in [7, 11) is 0. The van der Waals surface area contributed by atoms with Gasteiger partial charge in [-0.3, -0.25) is 0 Å². The number of carbonyl (C=O) groups is 1. The lowest BCUT2D eigenvalue weighted by Gasteiger charge is -2.20. The van der Waals surface area contributed by atoms with E-state index in [0.717, 1.165) is 0 Å². The van der Waals surface area contributed by atoms with Gasteiger partial charge in [0.1, 0.15) is 22.9 Å². The number of hydrogen-bond donors (Lipinski definition) is 2. The summed E-state index contributed by atoms with van der Waals surface area (Å²) in [5, 5.41) is 2.61. The van der Waals surface area contributed by atoms with Crippen molar-refractivity contribution < 1.29 is 18.7 Å². The van der Waals surface area contributed by atoms with Crippen molar-refractivity contribution in [2.24, 2.45) is 0 Å². The first-order chi connectivity index (χ1) is 11.6. The highest BCUT2D eigenvalue weighted by Crippen LogP contribution is 2.28. The smallest absolute Gasteiger partial charge is 0.407 e. The molecule has 0 spiro atoms. The number of nitrogens with one attached hydrogen (secondary N) is 1. The van der Waals surface area contributed by atoms with Crippen molar-refractivity contribution in [1.29, 1.82) is 0 Å². The Morgan fingerprint density at radius 3 is 2.48 bits per heavy atom. The van der Waals surface area contributed by atoms with Gasteiger partial charge < -0.3 is 20.5 Å². The maximum atomic E-state index is 13.2. The second-order valence-corrected chi connectivity index (χ2v) is 6.80. The van der Waals surface area contributed by atoms with Gasteiger partial charge in [0.2, 0.25) is 0 Å². The van der Waals surface area contributed by atoms with Gasteiger partial charge >= 0.3 is 6.09 Å². The van der Waals surface area contributed by atoms with Gasteiger partial charge in [-0.2, -0.15) is 0 Å². The third kappa shape index (κ3) is 5.83. The summed E-state index contributed by atoms with van der Waals surface area (Å²) in [6, 6.07) is 9.09. The van der Waals surface area contributed by atoms with Crippen molar-refractivity contribution in [3.8, 4) is 11.5 Å². The van der Waals surface area contributed by atoms with E-state index in [4.69, 9.17) is 26.8 Å². The molecule has 0 aromatic heterocycles. The highest BCUT2D eigenvalue weighted by molar-refractivity contribution is 6.30. The van der Waals surface area contributed by atoms with Crippen molar-refractivity contribution in [2.45, 2.75) is 32.9 Å². The van der Waals surface area contributed by atoms with E-state index < -0.39 is 17.5 Å². The van der Waals surface area contributed by atoms with Crippen LogP contribution < -0.4 is 15.8 Å². The molecule has 2 rings (SSSR count). The quantitative estimate of drug-likeness (QED) is 0.756. The number of nitrogen functional groups attached to an aromatic ring is 1. The van der Waals surface area contributed by atoms with Crippen LogP contribution in [-0.4, -0.2) is 11.7 Å². The number of nitrogens with two attached hydrogens (primary N) is 1. The average molecular weight is 367 g/mol. The molecule has 7 heteroatoms. The zero-order valence-corrected chi connectivity index (χ0v) is 15.0. The number of amides is 1. The van der Waals surface area contributed by atoms with Gasteiger partial charge in [0.25, 0.3) is 0 Å². The molecular weight excluding hydrogens is 347 g/mol. The SMILES string of the molecule is CC(C)(C)OC(=O)NCc1cc(Oc2ccc(F)c(Cl)c2)ccc1N. The van der Waals surface area contributed by atoms with Gasteiger partial charge in [0, 0.05) is 18.3 Å². The maximum Gasteiger partial charge on any atom is 0.407 e. The minimum atomic E-state index is -0.581. The summed E-state index contributed by atoms with van der Waals surface area (Å²) in [5.74, 6) is 0.355. The van der Waals surface area contributed by atoms with Gasteiger partial charge in [0.05, 0.1) is 5.02 Å². The molecular formula is C18H20ClFN2O3. The molecule has 0 aliphatic heterocycles. The number of hydrogen-bond acceptors (Lipinski definition) is 4. The van der Waals surface area contributed by atoms with Crippen molar-refractivity contribution in [2.75, 3.05) is 5.73 Å². The molecule has 0 bridgehead atoms. The first kappa shape index (κ1) is 18.9. The minimum Gasteiger partial charge on any atom is -0.457 e. The van der Waals surface area contributed by atoms with Crippen molar-refractivity contribution in [1.82, 2.24) is 5.32 Å². The molecule has 0 radical (unpaired) electrons. The van der Waals surface area contributed by atoms with Crippen molar-refractivity contribution in [3.63, 3.8) is 0 Å². The Kier molecular flexibility index (Phi) is 5.74. The summed E-state index contributed by atoms with van der Waals surface area (Å²) in [6.45, 7) is 5.53. The Morgan fingerprint density at radius 2 is 1.84 bits per heavy atom. The van der Waals surface area contributed by atoms with Crippen LogP contribution in [0.1, 0.15) is 26.3 Å². The lowest BCUT2D eigenvalue weighted by atomic mass is 10.1. The van der Waals surface area contributed by atoms with Crippen LogP contribution >= 0.6 is 11.6 Å². The first-order valence-electron chi connectivity index (χ1n) is 7.62. The molecule has 0 heterocycles. The van der Waals surface area contributed by atoms with E-state index in [0.29, 0.717) is 22.7 Å². The summed E-state index contributed by atoms with van der Waals surface area (Å²) in [6.07, 6.45) is -0.538. The molecule has 0 saturated heterocycles. The molecule has 5 nitrogen and oxygen atoms in total. The first-order valence-corrected chi connectivity index (χ1v) is 8.00. The van der Waals surface area contributed by atoms with Gasteiger partial charge in [-0.15, -0.1) is 0 Å². The maximum absolute atomic E-state index is 13.2. The molecule has 0 fully saturated rings. The standard InChI is InChI=1S/C18H20ClFN2O3/c1-18(2,3)25-17(23)22-10-11-8-12(5-7-16(11)21)24-13-4-6-15(20)14(19)9-13/h4-9H,10,21H2,1-3H3,(H,22,23). The largest absolute Gasteiger partial charge is 0.457 e. The van der Waals surface area contributed by atoms with E-state index in [2.05, 4.69) is 5.32 Å². The van der Waals surface area contributed by atoms with Gasteiger partial charge in [0.15, 0.2) is 0 Å². The van der Waals surface area contributed by atoms with Crippen LogP contribution in [0.15, 0.2) is 36.4 Å². The van der Waals surface area contributed by atoms with Crippen LogP contribution in [0.5, 0.6) is 11.5 Å². The van der Waals surface area contributed by atoms with E-state index in [1.54, 1.807) is 39.0 Å². The van der Waals surface area contributed by atoms with Crippen LogP contribution in [0.3, 0.4) is 0 Å². The Labute approximate surface area is 150 Å². The summed E-state index contributed by atoms with van der Waals surface area (Å²) in [4.78, 5) is 11.7. The Hall–Kier alpha value is -2.47. The van der Waals surface area contributed by atoms with E-state index in [9.17, 15) is 9.18 Å². The lowest BCUT2D eigenvalue weighted by Crippen LogP contribution is -2.32. The van der Waals surface area contributed by atoms with E-state index in [-0.39, 0.29) is 11.6 Å². The second-order valence-electron chi connectivity index (χ2n) is 6.39.